The Balaban J connectivity index is 1.66. The highest BCUT2D eigenvalue weighted by atomic mass is 16.5. The molecule has 4 heteroatoms. The molecule has 0 unspecified atom stereocenters. The normalized spacial score (nSPS) is 17.2. The van der Waals surface area contributed by atoms with E-state index in [-0.39, 0.29) is 12.1 Å². The lowest BCUT2D eigenvalue weighted by molar-refractivity contribution is -0.139. The molecule has 1 atom stereocenters. The van der Waals surface area contributed by atoms with Crippen LogP contribution < -0.4 is 9.47 Å². The van der Waals surface area contributed by atoms with Gasteiger partial charge in [-0.05, 0) is 37.3 Å². The molecule has 0 aromatic heterocycles. The van der Waals surface area contributed by atoms with E-state index < -0.39 is 0 Å². The van der Waals surface area contributed by atoms with Gasteiger partial charge in [-0.15, -0.1) is 0 Å². The summed E-state index contributed by atoms with van der Waals surface area (Å²) >= 11 is 0. The maximum Gasteiger partial charge on any atom is 0.333 e. The predicted octanol–water partition coefficient (Wildman–Crippen LogP) is 4.07. The van der Waals surface area contributed by atoms with Crippen LogP contribution >= 0.6 is 0 Å². The summed E-state index contributed by atoms with van der Waals surface area (Å²) in [7, 11) is 3.34. The van der Waals surface area contributed by atoms with Gasteiger partial charge in [0.2, 0.25) is 0 Å². The van der Waals surface area contributed by atoms with Crippen LogP contribution in [0.1, 0.15) is 44.1 Å². The standard InChI is InChI=1S/C19H26O4/c1-14-13-16(23-19(14)20)11-7-5-4-6-9-15-10-8-12-17(21-2)18(15)22-3/h8,10,12,16H,1,4-7,9,11,13H2,2-3H3/t16-/m1/s1. The van der Waals surface area contributed by atoms with Gasteiger partial charge in [-0.3, -0.25) is 0 Å². The Hall–Kier alpha value is -1.97. The van der Waals surface area contributed by atoms with E-state index in [4.69, 9.17) is 14.2 Å². The fourth-order valence-corrected chi connectivity index (χ4v) is 2.99. The van der Waals surface area contributed by atoms with E-state index in [0.717, 1.165) is 50.0 Å². The summed E-state index contributed by atoms with van der Waals surface area (Å²) in [6.45, 7) is 3.71. The number of methoxy groups -OCH3 is 2. The molecule has 1 aliphatic heterocycles. The number of cyclic esters (lactones) is 1. The molecule has 1 saturated heterocycles. The highest BCUT2D eigenvalue weighted by Crippen LogP contribution is 2.31. The van der Waals surface area contributed by atoms with Gasteiger partial charge in [-0.2, -0.15) is 0 Å². The smallest absolute Gasteiger partial charge is 0.333 e. The molecule has 1 aliphatic rings. The van der Waals surface area contributed by atoms with Crippen molar-refractivity contribution in [3.63, 3.8) is 0 Å². The topological polar surface area (TPSA) is 44.8 Å². The van der Waals surface area contributed by atoms with E-state index in [1.807, 2.05) is 12.1 Å². The van der Waals surface area contributed by atoms with Gasteiger partial charge in [0.25, 0.3) is 0 Å². The zero-order valence-corrected chi connectivity index (χ0v) is 14.1. The van der Waals surface area contributed by atoms with Crippen LogP contribution in [0.4, 0.5) is 0 Å². The van der Waals surface area contributed by atoms with Crippen molar-refractivity contribution in [1.82, 2.24) is 0 Å². The van der Waals surface area contributed by atoms with Crippen LogP contribution in [0.5, 0.6) is 11.5 Å². The van der Waals surface area contributed by atoms with Crippen molar-refractivity contribution in [3.05, 3.63) is 35.9 Å². The number of para-hydroxylation sites is 1. The van der Waals surface area contributed by atoms with Gasteiger partial charge in [0, 0.05) is 12.0 Å². The molecule has 0 amide bonds. The second-order valence-corrected chi connectivity index (χ2v) is 5.94. The van der Waals surface area contributed by atoms with Crippen molar-refractivity contribution in [1.29, 1.82) is 0 Å². The molecule has 0 N–H and O–H groups in total. The molecule has 126 valence electrons. The summed E-state index contributed by atoms with van der Waals surface area (Å²) in [5.41, 5.74) is 1.80. The summed E-state index contributed by atoms with van der Waals surface area (Å²) in [5, 5.41) is 0. The van der Waals surface area contributed by atoms with Gasteiger partial charge >= 0.3 is 5.97 Å². The molecule has 1 fully saturated rings. The molecule has 1 heterocycles. The number of hydrogen-bond donors (Lipinski definition) is 0. The molecule has 1 aromatic rings. The number of carbonyl (C=O) groups excluding carboxylic acids is 1. The predicted molar refractivity (Wildman–Crippen MR) is 90.0 cm³/mol. The number of hydrogen-bond acceptors (Lipinski definition) is 4. The average Bonchev–Trinajstić information content (AvgIpc) is 2.88. The SMILES string of the molecule is C=C1C[C@@H](CCCCCCc2cccc(OC)c2OC)OC1=O. The van der Waals surface area contributed by atoms with E-state index in [0.29, 0.717) is 12.0 Å². The summed E-state index contributed by atoms with van der Waals surface area (Å²) in [5.74, 6) is 1.40. The molecule has 2 rings (SSSR count). The Labute approximate surface area is 138 Å². The van der Waals surface area contributed by atoms with Gasteiger partial charge < -0.3 is 14.2 Å². The molecule has 0 spiro atoms. The number of benzene rings is 1. The number of aryl methyl sites for hydroxylation is 1. The van der Waals surface area contributed by atoms with E-state index in [9.17, 15) is 4.79 Å². The minimum atomic E-state index is -0.222. The summed E-state index contributed by atoms with van der Waals surface area (Å²) in [4.78, 5) is 11.2. The number of carbonyl (C=O) groups is 1. The van der Waals surface area contributed by atoms with Crippen LogP contribution in [0.25, 0.3) is 0 Å². The van der Waals surface area contributed by atoms with Gasteiger partial charge in [0.1, 0.15) is 6.10 Å². The molecule has 1 aromatic carbocycles. The zero-order chi connectivity index (χ0) is 16.7. The molecule has 0 aliphatic carbocycles. The lowest BCUT2D eigenvalue weighted by atomic mass is 10.0. The Morgan fingerprint density at radius 2 is 1.96 bits per heavy atom. The highest BCUT2D eigenvalue weighted by molar-refractivity contribution is 5.89. The molecule has 0 bridgehead atoms. The minimum absolute atomic E-state index is 0.0495. The van der Waals surface area contributed by atoms with Crippen molar-refractivity contribution >= 4 is 5.97 Å². The monoisotopic (exact) mass is 318 g/mol. The largest absolute Gasteiger partial charge is 0.493 e. The van der Waals surface area contributed by atoms with E-state index >= 15 is 0 Å². The fourth-order valence-electron chi connectivity index (χ4n) is 2.99. The minimum Gasteiger partial charge on any atom is -0.493 e. The van der Waals surface area contributed by atoms with Crippen molar-refractivity contribution < 1.29 is 19.0 Å². The first-order chi connectivity index (χ1) is 11.2. The van der Waals surface area contributed by atoms with E-state index in [1.165, 1.54) is 5.56 Å². The van der Waals surface area contributed by atoms with Gasteiger partial charge in [0.05, 0.1) is 14.2 Å². The van der Waals surface area contributed by atoms with Crippen LogP contribution in [0.15, 0.2) is 30.4 Å². The molecule has 0 radical (unpaired) electrons. The Bertz CT molecular complexity index is 534. The Kier molecular flexibility index (Phi) is 6.51. The first-order valence-electron chi connectivity index (χ1n) is 8.24. The molecular weight excluding hydrogens is 292 g/mol. The van der Waals surface area contributed by atoms with Gasteiger partial charge in [-0.25, -0.2) is 4.79 Å². The second kappa shape index (κ2) is 8.61. The van der Waals surface area contributed by atoms with Crippen LogP contribution in [0.2, 0.25) is 0 Å². The number of esters is 1. The first-order valence-corrected chi connectivity index (χ1v) is 8.24. The average molecular weight is 318 g/mol. The number of rotatable bonds is 9. The maximum absolute atomic E-state index is 11.2. The summed E-state index contributed by atoms with van der Waals surface area (Å²) in [6, 6.07) is 6.00. The van der Waals surface area contributed by atoms with Crippen LogP contribution in [-0.4, -0.2) is 26.3 Å². The maximum atomic E-state index is 11.2. The first kappa shape index (κ1) is 17.4. The van der Waals surface area contributed by atoms with Crippen LogP contribution in [0.3, 0.4) is 0 Å². The van der Waals surface area contributed by atoms with Crippen LogP contribution in [-0.2, 0) is 16.0 Å². The lowest BCUT2D eigenvalue weighted by Gasteiger charge is -2.12. The van der Waals surface area contributed by atoms with Crippen molar-refractivity contribution in [2.75, 3.05) is 14.2 Å². The third-order valence-corrected chi connectivity index (χ3v) is 4.24. The van der Waals surface area contributed by atoms with Crippen molar-refractivity contribution in [2.45, 2.75) is 51.0 Å². The quantitative estimate of drug-likeness (QED) is 0.391. The second-order valence-electron chi connectivity index (χ2n) is 5.94. The highest BCUT2D eigenvalue weighted by Gasteiger charge is 2.26. The summed E-state index contributed by atoms with van der Waals surface area (Å²) < 4.78 is 16.0. The Morgan fingerprint density at radius 3 is 2.61 bits per heavy atom. The molecule has 0 saturated carbocycles. The van der Waals surface area contributed by atoms with Crippen molar-refractivity contribution in [3.8, 4) is 11.5 Å². The number of ether oxygens (including phenoxy) is 3. The van der Waals surface area contributed by atoms with Gasteiger partial charge in [0.15, 0.2) is 11.5 Å². The third kappa shape index (κ3) is 4.75. The van der Waals surface area contributed by atoms with Crippen LogP contribution in [0, 0.1) is 0 Å². The fraction of sp³-hybridized carbons (Fsp3) is 0.526. The zero-order valence-electron chi connectivity index (χ0n) is 14.1. The number of unbranched alkanes of at least 4 members (excludes halogenated alkanes) is 3. The summed E-state index contributed by atoms with van der Waals surface area (Å²) in [6.07, 6.45) is 7.16. The molecular formula is C19H26O4. The van der Waals surface area contributed by atoms with Gasteiger partial charge in [-0.1, -0.05) is 31.6 Å². The van der Waals surface area contributed by atoms with E-state index in [2.05, 4.69) is 12.6 Å². The third-order valence-electron chi connectivity index (χ3n) is 4.24. The van der Waals surface area contributed by atoms with Crippen molar-refractivity contribution in [2.24, 2.45) is 0 Å². The Morgan fingerprint density at radius 1 is 1.17 bits per heavy atom. The lowest BCUT2D eigenvalue weighted by Crippen LogP contribution is -2.06. The van der Waals surface area contributed by atoms with E-state index in [1.54, 1.807) is 14.2 Å². The molecule has 4 nitrogen and oxygen atoms in total. The molecule has 23 heavy (non-hydrogen) atoms.